The molecule has 0 aromatic heterocycles. The summed E-state index contributed by atoms with van der Waals surface area (Å²) in [5.74, 6) is -0.128. The number of ether oxygens (including phenoxy) is 3. The first-order valence-electron chi connectivity index (χ1n) is 15.3. The van der Waals surface area contributed by atoms with E-state index in [1.807, 2.05) is 20.8 Å². The van der Waals surface area contributed by atoms with E-state index in [0.29, 0.717) is 74.6 Å². The Morgan fingerprint density at radius 3 is 2.47 bits per heavy atom. The second-order valence-corrected chi connectivity index (χ2v) is 12.2. The van der Waals surface area contributed by atoms with E-state index in [0.717, 1.165) is 19.3 Å². The van der Waals surface area contributed by atoms with Crippen LogP contribution in [0, 0.1) is 6.92 Å². The zero-order valence-corrected chi connectivity index (χ0v) is 26.1. The molecule has 0 radical (unpaired) electrons. The summed E-state index contributed by atoms with van der Waals surface area (Å²) in [4.78, 5) is 58.8. The number of fused-ring (bicyclic) bond motifs is 1. The van der Waals surface area contributed by atoms with Gasteiger partial charge in [0.25, 0.3) is 11.8 Å². The summed E-state index contributed by atoms with van der Waals surface area (Å²) in [5, 5.41) is 9.57. The lowest BCUT2D eigenvalue weighted by atomic mass is 9.96. The molecule has 0 aliphatic carbocycles. The minimum atomic E-state index is -1.44. The van der Waals surface area contributed by atoms with Crippen LogP contribution in [0.5, 0.6) is 5.75 Å². The molecule has 0 spiro atoms. The normalized spacial score (nSPS) is 22.0. The Labute approximate surface area is 253 Å². The molecule has 12 heteroatoms. The number of rotatable bonds is 10. The number of carbonyl (C=O) groups is 4. The fourth-order valence-electron chi connectivity index (χ4n) is 6.21. The highest BCUT2D eigenvalue weighted by atomic mass is 16.6. The number of likely N-dealkylation sites (tertiary alicyclic amines) is 2. The fourth-order valence-corrected chi connectivity index (χ4v) is 6.21. The second-order valence-electron chi connectivity index (χ2n) is 12.2. The number of carboxylic acid groups (broad SMARTS) is 1. The zero-order chi connectivity index (χ0) is 31.3. The van der Waals surface area contributed by atoms with Crippen molar-refractivity contribution in [2.45, 2.75) is 83.9 Å². The van der Waals surface area contributed by atoms with Gasteiger partial charge >= 0.3 is 12.2 Å². The zero-order valence-electron chi connectivity index (χ0n) is 26.1. The lowest BCUT2D eigenvalue weighted by molar-refractivity contribution is -0.137. The Morgan fingerprint density at radius 2 is 1.81 bits per heavy atom. The van der Waals surface area contributed by atoms with E-state index >= 15 is 0 Å². The molecule has 2 atom stereocenters. The maximum Gasteiger partial charge on any atom is 0.409 e. The minimum Gasteiger partial charge on any atom is -0.472 e. The molecule has 2 saturated heterocycles. The monoisotopic (exact) mass is 602 g/mol. The van der Waals surface area contributed by atoms with Gasteiger partial charge in [0.1, 0.15) is 12.4 Å². The summed E-state index contributed by atoms with van der Waals surface area (Å²) in [6.07, 6.45) is 3.19. The van der Waals surface area contributed by atoms with E-state index in [1.54, 1.807) is 40.9 Å². The van der Waals surface area contributed by atoms with Crippen molar-refractivity contribution in [3.05, 3.63) is 23.3 Å². The molecule has 238 valence electrons. The maximum absolute atomic E-state index is 14.1. The Balaban J connectivity index is 1.63. The van der Waals surface area contributed by atoms with Crippen LogP contribution in [0.15, 0.2) is 12.1 Å². The summed E-state index contributed by atoms with van der Waals surface area (Å²) in [5.41, 5.74) is 0.153. The third kappa shape index (κ3) is 7.17. The number of amides is 4. The van der Waals surface area contributed by atoms with Gasteiger partial charge in [-0.3, -0.25) is 9.59 Å². The Kier molecular flexibility index (Phi) is 10.4. The molecule has 3 aliphatic rings. The van der Waals surface area contributed by atoms with Crippen molar-refractivity contribution in [1.29, 1.82) is 0 Å². The molecule has 3 heterocycles. The first-order valence-corrected chi connectivity index (χ1v) is 15.3. The first kappa shape index (κ1) is 32.4. The molecule has 1 aromatic carbocycles. The summed E-state index contributed by atoms with van der Waals surface area (Å²) in [6, 6.07) is 3.05. The third-order valence-corrected chi connectivity index (χ3v) is 8.53. The van der Waals surface area contributed by atoms with Crippen LogP contribution < -0.4 is 9.64 Å². The van der Waals surface area contributed by atoms with Gasteiger partial charge in [0.15, 0.2) is 0 Å². The Morgan fingerprint density at radius 1 is 1.12 bits per heavy atom. The van der Waals surface area contributed by atoms with Gasteiger partial charge in [0, 0.05) is 58.0 Å². The third-order valence-electron chi connectivity index (χ3n) is 8.53. The summed E-state index contributed by atoms with van der Waals surface area (Å²) in [6.45, 7) is 9.96. The number of nitrogens with zero attached hydrogens (tertiary/aromatic N) is 4. The standard InChI is InChI=1S/C31H46N4O8/c1-21(2)35(23-11-10-14-33(19-23)29(38)39)27(36)24-18-25-26(17-22(24)3)43-31(4,20-42-30(40)32-12-6-7-13-32)28(37)34(25)15-8-9-16-41-5/h17-18,21,23H,6-16,19-20H2,1-5H3,(H,38,39)/t23-,31?/m1/s1. The predicted molar refractivity (Wildman–Crippen MR) is 160 cm³/mol. The van der Waals surface area contributed by atoms with Gasteiger partial charge < -0.3 is 38.9 Å². The maximum atomic E-state index is 14.1. The van der Waals surface area contributed by atoms with E-state index in [2.05, 4.69) is 0 Å². The van der Waals surface area contributed by atoms with E-state index < -0.39 is 17.8 Å². The topological polar surface area (TPSA) is 129 Å². The minimum absolute atomic E-state index is 0.168. The number of hydrogen-bond donors (Lipinski definition) is 1. The molecular weight excluding hydrogens is 556 g/mol. The summed E-state index contributed by atoms with van der Waals surface area (Å²) >= 11 is 0. The molecular formula is C31H46N4O8. The molecule has 1 unspecified atom stereocenters. The highest BCUT2D eigenvalue weighted by molar-refractivity contribution is 6.05. The number of aryl methyl sites for hydroxylation is 1. The van der Waals surface area contributed by atoms with Gasteiger partial charge in [-0.25, -0.2) is 9.59 Å². The predicted octanol–water partition coefficient (Wildman–Crippen LogP) is 4.13. The molecule has 2 fully saturated rings. The summed E-state index contributed by atoms with van der Waals surface area (Å²) < 4.78 is 17.0. The van der Waals surface area contributed by atoms with Crippen molar-refractivity contribution in [2.75, 3.05) is 57.9 Å². The lowest BCUT2D eigenvalue weighted by Gasteiger charge is -2.42. The molecule has 4 rings (SSSR count). The fraction of sp³-hybridized carbons (Fsp3) is 0.677. The van der Waals surface area contributed by atoms with Crippen LogP contribution in [0.2, 0.25) is 0 Å². The lowest BCUT2D eigenvalue weighted by Crippen LogP contribution is -2.58. The van der Waals surface area contributed by atoms with Gasteiger partial charge in [-0.15, -0.1) is 0 Å². The number of methoxy groups -OCH3 is 1. The van der Waals surface area contributed by atoms with Crippen LogP contribution in [-0.4, -0.2) is 115 Å². The van der Waals surface area contributed by atoms with Crippen LogP contribution >= 0.6 is 0 Å². The van der Waals surface area contributed by atoms with Crippen molar-refractivity contribution in [1.82, 2.24) is 14.7 Å². The highest BCUT2D eigenvalue weighted by Gasteiger charge is 2.47. The number of piperidine rings is 1. The molecule has 1 N–H and O–H groups in total. The number of unbranched alkanes of at least 4 members (excludes halogenated alkanes) is 1. The average molecular weight is 603 g/mol. The molecule has 1 aromatic rings. The van der Waals surface area contributed by atoms with E-state index in [9.17, 15) is 24.3 Å². The van der Waals surface area contributed by atoms with Gasteiger partial charge in [-0.2, -0.15) is 0 Å². The van der Waals surface area contributed by atoms with Gasteiger partial charge in [-0.05, 0) is 83.9 Å². The van der Waals surface area contributed by atoms with Crippen LogP contribution in [0.3, 0.4) is 0 Å². The largest absolute Gasteiger partial charge is 0.472 e. The van der Waals surface area contributed by atoms with E-state index in [4.69, 9.17) is 14.2 Å². The number of hydrogen-bond acceptors (Lipinski definition) is 7. The van der Waals surface area contributed by atoms with Crippen LogP contribution in [-0.2, 0) is 14.3 Å². The molecule has 4 amide bonds. The van der Waals surface area contributed by atoms with Crippen molar-refractivity contribution in [3.63, 3.8) is 0 Å². The van der Waals surface area contributed by atoms with E-state index in [1.165, 1.54) is 4.90 Å². The molecule has 0 saturated carbocycles. The van der Waals surface area contributed by atoms with Gasteiger partial charge in [-0.1, -0.05) is 0 Å². The Hall–Kier alpha value is -3.54. The molecule has 12 nitrogen and oxygen atoms in total. The molecule has 43 heavy (non-hydrogen) atoms. The van der Waals surface area contributed by atoms with Crippen LogP contribution in [0.25, 0.3) is 0 Å². The van der Waals surface area contributed by atoms with Crippen molar-refractivity contribution in [3.8, 4) is 5.75 Å². The van der Waals surface area contributed by atoms with E-state index in [-0.39, 0.29) is 37.0 Å². The van der Waals surface area contributed by atoms with Crippen LogP contribution in [0.4, 0.5) is 15.3 Å². The van der Waals surface area contributed by atoms with Crippen molar-refractivity contribution >= 4 is 29.7 Å². The van der Waals surface area contributed by atoms with Crippen LogP contribution in [0.1, 0.15) is 75.2 Å². The highest BCUT2D eigenvalue weighted by Crippen LogP contribution is 2.41. The first-order chi connectivity index (χ1) is 20.5. The number of anilines is 1. The SMILES string of the molecule is COCCCCN1C(=O)C(C)(COC(=O)N2CCCC2)Oc2cc(C)c(C(=O)N(C(C)C)[C@@H]3CCCN(C(=O)O)C3)cc21. The van der Waals surface area contributed by atoms with Gasteiger partial charge in [0.2, 0.25) is 5.60 Å². The number of carbonyl (C=O) groups excluding carboxylic acids is 3. The van der Waals surface area contributed by atoms with Gasteiger partial charge in [0.05, 0.1) is 11.7 Å². The summed E-state index contributed by atoms with van der Waals surface area (Å²) in [7, 11) is 1.63. The second kappa shape index (κ2) is 13.8. The quantitative estimate of drug-likeness (QED) is 0.396. The average Bonchev–Trinajstić information content (AvgIpc) is 3.51. The van der Waals surface area contributed by atoms with Crippen molar-refractivity contribution < 1.29 is 38.5 Å². The smallest absolute Gasteiger partial charge is 0.409 e. The number of benzene rings is 1. The molecule has 0 bridgehead atoms. The molecule has 3 aliphatic heterocycles. The Bertz CT molecular complexity index is 1200. The van der Waals surface area contributed by atoms with Crippen molar-refractivity contribution in [2.24, 2.45) is 0 Å².